The summed E-state index contributed by atoms with van der Waals surface area (Å²) in [6, 6.07) is 0.794. The molecule has 0 saturated carbocycles. The number of aromatic nitrogens is 2. The Bertz CT molecular complexity index is 728. The summed E-state index contributed by atoms with van der Waals surface area (Å²) in [6.07, 6.45) is 6.00. The Kier molecular flexibility index (Phi) is 7.88. The summed E-state index contributed by atoms with van der Waals surface area (Å²) in [5.41, 5.74) is 1.46. The van der Waals surface area contributed by atoms with Gasteiger partial charge in [-0.15, -0.1) is 0 Å². The van der Waals surface area contributed by atoms with E-state index in [1.165, 1.54) is 0 Å². The lowest BCUT2D eigenvalue weighted by Crippen LogP contribution is -2.55. The molecule has 168 valence electrons. The van der Waals surface area contributed by atoms with Crippen LogP contribution in [0.25, 0.3) is 0 Å². The molecular weight excluding hydrogens is 382 g/mol. The number of likely N-dealkylation sites (tertiary alicyclic amines) is 1. The molecule has 2 aliphatic rings. The predicted molar refractivity (Wildman–Crippen MR) is 115 cm³/mol. The average molecular weight is 420 g/mol. The van der Waals surface area contributed by atoms with Gasteiger partial charge in [-0.2, -0.15) is 5.10 Å². The fourth-order valence-electron chi connectivity index (χ4n) is 4.65. The fourth-order valence-corrected chi connectivity index (χ4v) is 4.65. The molecule has 0 radical (unpaired) electrons. The van der Waals surface area contributed by atoms with E-state index in [1.54, 1.807) is 6.92 Å². The Balaban J connectivity index is 1.67. The van der Waals surface area contributed by atoms with Gasteiger partial charge in [-0.3, -0.25) is 19.2 Å². The van der Waals surface area contributed by atoms with E-state index in [4.69, 9.17) is 4.74 Å². The molecule has 2 saturated heterocycles. The van der Waals surface area contributed by atoms with Gasteiger partial charge in [-0.1, -0.05) is 0 Å². The predicted octanol–water partition coefficient (Wildman–Crippen LogP) is 1.78. The van der Waals surface area contributed by atoms with Crippen molar-refractivity contribution in [3.05, 3.63) is 17.5 Å². The van der Waals surface area contributed by atoms with Gasteiger partial charge in [0.1, 0.15) is 0 Å². The van der Waals surface area contributed by atoms with Crippen LogP contribution >= 0.6 is 0 Å². The summed E-state index contributed by atoms with van der Waals surface area (Å²) in [7, 11) is 1.87. The molecular formula is C22H37N5O3. The van der Waals surface area contributed by atoms with Crippen molar-refractivity contribution in [2.45, 2.75) is 65.1 Å². The molecule has 2 amide bonds. The molecule has 0 aliphatic carbocycles. The van der Waals surface area contributed by atoms with E-state index in [1.807, 2.05) is 41.6 Å². The number of piperidine rings is 1. The average Bonchev–Trinajstić information content (AvgIpc) is 3.15. The van der Waals surface area contributed by atoms with Crippen LogP contribution in [0.15, 0.2) is 6.20 Å². The topological polar surface area (TPSA) is 70.9 Å². The number of rotatable bonds is 7. The van der Waals surface area contributed by atoms with Crippen molar-refractivity contribution in [3.63, 3.8) is 0 Å². The van der Waals surface area contributed by atoms with E-state index >= 15 is 0 Å². The van der Waals surface area contributed by atoms with Crippen LogP contribution in [-0.2, 0) is 16.1 Å². The van der Waals surface area contributed by atoms with E-state index in [-0.39, 0.29) is 11.8 Å². The lowest BCUT2D eigenvalue weighted by Gasteiger charge is -2.44. The van der Waals surface area contributed by atoms with Crippen LogP contribution in [0.2, 0.25) is 0 Å². The molecule has 1 unspecified atom stereocenters. The molecule has 30 heavy (non-hydrogen) atoms. The minimum Gasteiger partial charge on any atom is -0.381 e. The maximum Gasteiger partial charge on any atom is 0.257 e. The summed E-state index contributed by atoms with van der Waals surface area (Å²) in [5, 5.41) is 4.41. The quantitative estimate of drug-likeness (QED) is 0.674. The van der Waals surface area contributed by atoms with Crippen LogP contribution < -0.4 is 0 Å². The van der Waals surface area contributed by atoms with Crippen LogP contribution in [0.1, 0.15) is 55.6 Å². The number of likely N-dealkylation sites (N-methyl/N-ethyl adjacent to an activating group) is 1. The minimum absolute atomic E-state index is 0.0214. The first-order valence-corrected chi connectivity index (χ1v) is 11.3. The van der Waals surface area contributed by atoms with Gasteiger partial charge in [0.05, 0.1) is 11.3 Å². The summed E-state index contributed by atoms with van der Waals surface area (Å²) in [4.78, 5) is 31.2. The largest absolute Gasteiger partial charge is 0.381 e. The molecule has 1 aromatic heterocycles. The first-order valence-electron chi connectivity index (χ1n) is 11.3. The zero-order valence-electron chi connectivity index (χ0n) is 19.0. The number of ether oxygens (including phenoxy) is 1. The van der Waals surface area contributed by atoms with Gasteiger partial charge in [0.25, 0.3) is 5.91 Å². The van der Waals surface area contributed by atoms with Gasteiger partial charge in [0.2, 0.25) is 5.91 Å². The van der Waals surface area contributed by atoms with Crippen LogP contribution in [-0.4, -0.2) is 94.8 Å². The van der Waals surface area contributed by atoms with Gasteiger partial charge in [0.15, 0.2) is 0 Å². The molecule has 2 fully saturated rings. The van der Waals surface area contributed by atoms with Gasteiger partial charge < -0.3 is 14.5 Å². The van der Waals surface area contributed by atoms with E-state index < -0.39 is 0 Å². The van der Waals surface area contributed by atoms with Gasteiger partial charge in [-0.25, -0.2) is 0 Å². The van der Waals surface area contributed by atoms with E-state index in [9.17, 15) is 9.59 Å². The Labute approximate surface area is 180 Å². The van der Waals surface area contributed by atoms with Gasteiger partial charge in [0, 0.05) is 78.2 Å². The number of hydrogen-bond donors (Lipinski definition) is 0. The molecule has 0 bridgehead atoms. The standard InChI is InChI=1S/C22H37N5O3/c1-5-26-16-21(17(2)23-26)22(29)24(4)11-12-27(19-8-13-30-14-9-19)20-7-6-10-25(15-20)18(3)28/h16,19-20H,5-15H2,1-4H3. The van der Waals surface area contributed by atoms with E-state index in [2.05, 4.69) is 10.00 Å². The molecule has 1 aromatic rings. The maximum atomic E-state index is 13.0. The number of hydrogen-bond acceptors (Lipinski definition) is 5. The number of nitrogens with zero attached hydrogens (tertiary/aromatic N) is 5. The number of carbonyl (C=O) groups excluding carboxylic acids is 2. The molecule has 1 atom stereocenters. The van der Waals surface area contributed by atoms with Gasteiger partial charge >= 0.3 is 0 Å². The van der Waals surface area contributed by atoms with E-state index in [0.717, 1.165) is 70.8 Å². The zero-order valence-corrected chi connectivity index (χ0v) is 19.0. The van der Waals surface area contributed by atoms with Crippen molar-refractivity contribution in [2.75, 3.05) is 46.4 Å². The summed E-state index contributed by atoms with van der Waals surface area (Å²) in [5.74, 6) is 0.176. The van der Waals surface area contributed by atoms with Crippen LogP contribution in [0, 0.1) is 6.92 Å². The minimum atomic E-state index is 0.0214. The highest BCUT2D eigenvalue weighted by molar-refractivity contribution is 5.94. The van der Waals surface area contributed by atoms with Crippen molar-refractivity contribution in [3.8, 4) is 0 Å². The highest BCUT2D eigenvalue weighted by atomic mass is 16.5. The Hall–Kier alpha value is -1.93. The van der Waals surface area contributed by atoms with Crippen LogP contribution in [0.4, 0.5) is 0 Å². The van der Waals surface area contributed by atoms with Crippen molar-refractivity contribution >= 4 is 11.8 Å². The van der Waals surface area contributed by atoms with Crippen LogP contribution in [0.3, 0.4) is 0 Å². The lowest BCUT2D eigenvalue weighted by molar-refractivity contribution is -0.131. The molecule has 0 N–H and O–H groups in total. The number of carbonyl (C=O) groups is 2. The van der Waals surface area contributed by atoms with Gasteiger partial charge in [-0.05, 0) is 39.5 Å². The van der Waals surface area contributed by atoms with Crippen molar-refractivity contribution in [1.82, 2.24) is 24.5 Å². The fraction of sp³-hybridized carbons (Fsp3) is 0.773. The first-order chi connectivity index (χ1) is 14.4. The first kappa shape index (κ1) is 22.7. The Morgan fingerprint density at radius 1 is 1.20 bits per heavy atom. The van der Waals surface area contributed by atoms with E-state index in [0.29, 0.717) is 24.2 Å². The van der Waals surface area contributed by atoms with Crippen molar-refractivity contribution in [2.24, 2.45) is 0 Å². The number of aryl methyl sites for hydroxylation is 2. The molecule has 3 rings (SSSR count). The molecule has 8 heteroatoms. The lowest BCUT2D eigenvalue weighted by atomic mass is 9.98. The van der Waals surface area contributed by atoms with Crippen molar-refractivity contribution < 1.29 is 14.3 Å². The second-order valence-corrected chi connectivity index (χ2v) is 8.55. The van der Waals surface area contributed by atoms with Crippen molar-refractivity contribution in [1.29, 1.82) is 0 Å². The Morgan fingerprint density at radius 2 is 1.93 bits per heavy atom. The Morgan fingerprint density at radius 3 is 2.57 bits per heavy atom. The normalized spacial score (nSPS) is 20.6. The third kappa shape index (κ3) is 5.40. The molecule has 3 heterocycles. The summed E-state index contributed by atoms with van der Waals surface area (Å²) < 4.78 is 7.39. The molecule has 2 aliphatic heterocycles. The number of amides is 2. The smallest absolute Gasteiger partial charge is 0.257 e. The van der Waals surface area contributed by atoms with Crippen LogP contribution in [0.5, 0.6) is 0 Å². The SMILES string of the molecule is CCn1cc(C(=O)N(C)CCN(C2CCOCC2)C2CCCN(C(C)=O)C2)c(C)n1. The monoisotopic (exact) mass is 419 g/mol. The second-order valence-electron chi connectivity index (χ2n) is 8.55. The third-order valence-corrected chi connectivity index (χ3v) is 6.51. The third-order valence-electron chi connectivity index (χ3n) is 6.51. The second kappa shape index (κ2) is 10.4. The maximum absolute atomic E-state index is 13.0. The highest BCUT2D eigenvalue weighted by Gasteiger charge is 2.32. The molecule has 0 spiro atoms. The summed E-state index contributed by atoms with van der Waals surface area (Å²) >= 11 is 0. The molecule has 8 nitrogen and oxygen atoms in total. The molecule has 0 aromatic carbocycles. The zero-order chi connectivity index (χ0) is 21.7. The summed E-state index contributed by atoms with van der Waals surface area (Å²) in [6.45, 7) is 11.0. The highest BCUT2D eigenvalue weighted by Crippen LogP contribution is 2.23.